The van der Waals surface area contributed by atoms with Crippen molar-refractivity contribution in [3.8, 4) is 0 Å². The molecule has 1 saturated heterocycles. The van der Waals surface area contributed by atoms with Gasteiger partial charge in [0.15, 0.2) is 0 Å². The van der Waals surface area contributed by atoms with E-state index in [0.717, 1.165) is 42.2 Å². The molecule has 0 bridgehead atoms. The molecule has 0 aliphatic carbocycles. The van der Waals surface area contributed by atoms with Gasteiger partial charge in [0.05, 0.1) is 18.2 Å². The molecule has 28 heavy (non-hydrogen) atoms. The summed E-state index contributed by atoms with van der Waals surface area (Å²) < 4.78 is 5.49. The molecule has 146 valence electrons. The number of ether oxygens (including phenoxy) is 1. The number of nitrogens with zero attached hydrogens (tertiary/aromatic N) is 3. The molecule has 1 aliphatic heterocycles. The third-order valence-corrected chi connectivity index (χ3v) is 5.26. The normalized spacial score (nSPS) is 15.5. The van der Waals surface area contributed by atoms with Gasteiger partial charge >= 0.3 is 0 Å². The third kappa shape index (κ3) is 4.42. The molecule has 0 saturated carbocycles. The van der Waals surface area contributed by atoms with E-state index in [9.17, 15) is 0 Å². The Labute approximate surface area is 166 Å². The molecule has 2 heterocycles. The van der Waals surface area contributed by atoms with Crippen LogP contribution in [-0.4, -0.2) is 42.8 Å². The van der Waals surface area contributed by atoms with Crippen LogP contribution in [0.1, 0.15) is 24.8 Å². The molecule has 1 atom stereocenters. The Kier molecular flexibility index (Phi) is 6.02. The molecule has 1 unspecified atom stereocenters. The van der Waals surface area contributed by atoms with E-state index >= 15 is 0 Å². The Balaban J connectivity index is 1.64. The van der Waals surface area contributed by atoms with Crippen LogP contribution in [0.15, 0.2) is 54.6 Å². The van der Waals surface area contributed by atoms with E-state index in [1.54, 1.807) is 7.11 Å². The molecule has 5 heteroatoms. The summed E-state index contributed by atoms with van der Waals surface area (Å²) in [6.07, 6.45) is 4.59. The monoisotopic (exact) mass is 376 g/mol. The molecule has 4 rings (SSSR count). The molecular formula is C23H28N4O. The summed E-state index contributed by atoms with van der Waals surface area (Å²) in [5.74, 6) is 1.72. The standard InChI is InChI=1S/C23H28N4O/c1-28-17-19(16-18-10-4-2-5-11-18)24-22-20-12-6-7-13-21(20)25-23(26-22)27-14-8-3-9-15-27/h2,4-7,10-13,19H,3,8-9,14-17H2,1H3,(H,24,25,26). The largest absolute Gasteiger partial charge is 0.383 e. The number of hydrogen-bond donors (Lipinski definition) is 1. The fourth-order valence-electron chi connectivity index (χ4n) is 3.85. The first-order chi connectivity index (χ1) is 13.8. The number of rotatable bonds is 7. The molecule has 1 aromatic heterocycles. The maximum Gasteiger partial charge on any atom is 0.227 e. The van der Waals surface area contributed by atoms with Crippen molar-refractivity contribution in [3.63, 3.8) is 0 Å². The van der Waals surface area contributed by atoms with E-state index in [4.69, 9.17) is 14.7 Å². The highest BCUT2D eigenvalue weighted by Gasteiger charge is 2.18. The second-order valence-electron chi connectivity index (χ2n) is 7.42. The van der Waals surface area contributed by atoms with Crippen molar-refractivity contribution in [2.24, 2.45) is 0 Å². The maximum atomic E-state index is 5.49. The van der Waals surface area contributed by atoms with E-state index in [1.165, 1.54) is 24.8 Å². The molecule has 0 radical (unpaired) electrons. The number of para-hydroxylation sites is 1. The van der Waals surface area contributed by atoms with Crippen LogP contribution in [0.25, 0.3) is 10.9 Å². The zero-order chi connectivity index (χ0) is 19.2. The van der Waals surface area contributed by atoms with Crippen LogP contribution in [0.5, 0.6) is 0 Å². The van der Waals surface area contributed by atoms with E-state index < -0.39 is 0 Å². The predicted octanol–water partition coefficient (Wildman–Crippen LogP) is 4.29. The third-order valence-electron chi connectivity index (χ3n) is 5.26. The highest BCUT2D eigenvalue weighted by molar-refractivity contribution is 5.90. The summed E-state index contributed by atoms with van der Waals surface area (Å²) in [7, 11) is 1.75. The lowest BCUT2D eigenvalue weighted by molar-refractivity contribution is 0.185. The van der Waals surface area contributed by atoms with Gasteiger partial charge in [-0.15, -0.1) is 0 Å². The summed E-state index contributed by atoms with van der Waals surface area (Å²) >= 11 is 0. The van der Waals surface area contributed by atoms with Crippen molar-refractivity contribution in [3.05, 3.63) is 60.2 Å². The van der Waals surface area contributed by atoms with Crippen LogP contribution < -0.4 is 10.2 Å². The van der Waals surface area contributed by atoms with E-state index in [1.807, 2.05) is 18.2 Å². The molecular weight excluding hydrogens is 348 g/mol. The Morgan fingerprint density at radius 2 is 1.71 bits per heavy atom. The SMILES string of the molecule is COCC(Cc1ccccc1)Nc1nc(N2CCCCC2)nc2ccccc12. The zero-order valence-electron chi connectivity index (χ0n) is 16.5. The second kappa shape index (κ2) is 9.02. The minimum Gasteiger partial charge on any atom is -0.383 e. The van der Waals surface area contributed by atoms with Crippen molar-refractivity contribution in [2.75, 3.05) is 37.0 Å². The smallest absolute Gasteiger partial charge is 0.227 e. The van der Waals surface area contributed by atoms with Gasteiger partial charge in [0, 0.05) is 25.6 Å². The van der Waals surface area contributed by atoms with Gasteiger partial charge in [0.1, 0.15) is 5.82 Å². The molecule has 1 fully saturated rings. The highest BCUT2D eigenvalue weighted by Crippen LogP contribution is 2.26. The number of fused-ring (bicyclic) bond motifs is 1. The topological polar surface area (TPSA) is 50.3 Å². The molecule has 5 nitrogen and oxygen atoms in total. The van der Waals surface area contributed by atoms with Gasteiger partial charge in [-0.3, -0.25) is 0 Å². The van der Waals surface area contributed by atoms with Crippen molar-refractivity contribution < 1.29 is 4.74 Å². The van der Waals surface area contributed by atoms with E-state index in [2.05, 4.69) is 46.6 Å². The number of piperidine rings is 1. The quantitative estimate of drug-likeness (QED) is 0.667. The Hall–Kier alpha value is -2.66. The highest BCUT2D eigenvalue weighted by atomic mass is 16.5. The maximum absolute atomic E-state index is 5.49. The minimum absolute atomic E-state index is 0.139. The molecule has 0 spiro atoms. The van der Waals surface area contributed by atoms with E-state index in [-0.39, 0.29) is 6.04 Å². The Morgan fingerprint density at radius 1 is 0.964 bits per heavy atom. The molecule has 0 amide bonds. The van der Waals surface area contributed by atoms with Gasteiger partial charge < -0.3 is 15.0 Å². The Bertz CT molecular complexity index is 894. The fraction of sp³-hybridized carbons (Fsp3) is 0.391. The number of aromatic nitrogens is 2. The molecule has 1 N–H and O–H groups in total. The summed E-state index contributed by atoms with van der Waals surface area (Å²) in [4.78, 5) is 12.1. The van der Waals surface area contributed by atoms with Gasteiger partial charge in [-0.1, -0.05) is 42.5 Å². The average Bonchev–Trinajstić information content (AvgIpc) is 2.75. The predicted molar refractivity (Wildman–Crippen MR) is 115 cm³/mol. The first-order valence-electron chi connectivity index (χ1n) is 10.1. The van der Waals surface area contributed by atoms with Crippen molar-refractivity contribution in [1.29, 1.82) is 0 Å². The number of hydrogen-bond acceptors (Lipinski definition) is 5. The first-order valence-corrected chi connectivity index (χ1v) is 10.1. The summed E-state index contributed by atoms with van der Waals surface area (Å²) in [6, 6.07) is 18.9. The van der Waals surface area contributed by atoms with Crippen molar-refractivity contribution >= 4 is 22.7 Å². The lowest BCUT2D eigenvalue weighted by atomic mass is 10.1. The van der Waals surface area contributed by atoms with Crippen LogP contribution in [0.2, 0.25) is 0 Å². The van der Waals surface area contributed by atoms with Gasteiger partial charge in [-0.2, -0.15) is 4.98 Å². The van der Waals surface area contributed by atoms with Gasteiger partial charge in [0.2, 0.25) is 5.95 Å². The van der Waals surface area contributed by atoms with Crippen LogP contribution in [-0.2, 0) is 11.2 Å². The fourth-order valence-corrected chi connectivity index (χ4v) is 3.85. The summed E-state index contributed by atoms with van der Waals surface area (Å²) in [6.45, 7) is 2.68. The average molecular weight is 377 g/mol. The van der Waals surface area contributed by atoms with Crippen molar-refractivity contribution in [2.45, 2.75) is 31.7 Å². The molecule has 1 aliphatic rings. The van der Waals surface area contributed by atoms with Gasteiger partial charge in [0.25, 0.3) is 0 Å². The first kappa shape index (κ1) is 18.7. The second-order valence-corrected chi connectivity index (χ2v) is 7.42. The number of methoxy groups -OCH3 is 1. The lowest BCUT2D eigenvalue weighted by Crippen LogP contribution is -2.32. The number of anilines is 2. The number of nitrogens with one attached hydrogen (secondary N) is 1. The van der Waals surface area contributed by atoms with Gasteiger partial charge in [-0.25, -0.2) is 4.98 Å². The van der Waals surface area contributed by atoms with Crippen molar-refractivity contribution in [1.82, 2.24) is 9.97 Å². The summed E-state index contributed by atoms with van der Waals surface area (Å²) in [5, 5.41) is 4.70. The van der Waals surface area contributed by atoms with Crippen LogP contribution in [0, 0.1) is 0 Å². The van der Waals surface area contributed by atoms with Crippen LogP contribution >= 0.6 is 0 Å². The van der Waals surface area contributed by atoms with Crippen LogP contribution in [0.4, 0.5) is 11.8 Å². The van der Waals surface area contributed by atoms with Crippen LogP contribution in [0.3, 0.4) is 0 Å². The summed E-state index contributed by atoms with van der Waals surface area (Å²) in [5.41, 5.74) is 2.27. The molecule has 3 aromatic rings. The molecule has 2 aromatic carbocycles. The van der Waals surface area contributed by atoms with E-state index in [0.29, 0.717) is 6.61 Å². The Morgan fingerprint density at radius 3 is 2.50 bits per heavy atom. The van der Waals surface area contributed by atoms with Gasteiger partial charge in [-0.05, 0) is 43.4 Å². The minimum atomic E-state index is 0.139. The lowest BCUT2D eigenvalue weighted by Gasteiger charge is -2.28. The zero-order valence-corrected chi connectivity index (χ0v) is 16.5. The number of benzene rings is 2.